The smallest absolute Gasteiger partial charge is 0.123 e. The highest BCUT2D eigenvalue weighted by molar-refractivity contribution is 6.73. The van der Waals surface area contributed by atoms with E-state index in [9.17, 15) is 4.39 Å². The first-order valence-electron chi connectivity index (χ1n) is 8.62. The van der Waals surface area contributed by atoms with Crippen LogP contribution in [0.15, 0.2) is 84.9 Å². The minimum atomic E-state index is -0.277. The first kappa shape index (κ1) is 16.9. The molecular weight excluding hydrogens is 327 g/mol. The quantitative estimate of drug-likeness (QED) is 0.574. The van der Waals surface area contributed by atoms with E-state index < -0.39 is 0 Å². The summed E-state index contributed by atoms with van der Waals surface area (Å²) in [6.45, 7) is 0. The van der Waals surface area contributed by atoms with Crippen LogP contribution < -0.4 is 10.4 Å². The number of aryl methyl sites for hydroxylation is 1. The average Bonchev–Trinajstić information content (AvgIpc) is 2.63. The Labute approximate surface area is 148 Å². The first-order valence-corrected chi connectivity index (χ1v) is 11.7. The number of rotatable bonds is 7. The molecule has 0 aliphatic carbocycles. The number of hydrogen-bond acceptors (Lipinski definition) is 0. The van der Waals surface area contributed by atoms with Crippen LogP contribution in [-0.2, 0) is 6.42 Å². The minimum absolute atomic E-state index is 0.146. The summed E-state index contributed by atoms with van der Waals surface area (Å²) in [4.78, 5) is 0. The maximum Gasteiger partial charge on any atom is 0.123 e. The zero-order valence-electron chi connectivity index (χ0n) is 13.9. The third kappa shape index (κ3) is 5.29. The van der Waals surface area contributed by atoms with Crippen LogP contribution in [0.3, 0.4) is 0 Å². The van der Waals surface area contributed by atoms with Crippen LogP contribution in [0.5, 0.6) is 0 Å². The van der Waals surface area contributed by atoms with Gasteiger partial charge in [-0.15, -0.1) is 0 Å². The molecule has 0 bridgehead atoms. The van der Waals surface area contributed by atoms with Crippen LogP contribution >= 0.6 is 0 Å². The van der Waals surface area contributed by atoms with Gasteiger partial charge in [-0.3, -0.25) is 0 Å². The summed E-state index contributed by atoms with van der Waals surface area (Å²) in [7, 11) is -0.555. The van der Waals surface area contributed by atoms with Crippen LogP contribution in [0.2, 0.25) is 5.16 Å². The Bertz CT molecular complexity index is 685. The zero-order chi connectivity index (χ0) is 16.6. The van der Waals surface area contributed by atoms with E-state index in [1.54, 1.807) is 22.5 Å². The minimum Gasteiger partial charge on any atom is -0.207 e. The highest BCUT2D eigenvalue weighted by Crippen LogP contribution is 2.14. The summed E-state index contributed by atoms with van der Waals surface area (Å²) in [5.41, 5.74) is 1.26. The van der Waals surface area contributed by atoms with Crippen molar-refractivity contribution in [3.63, 3.8) is 0 Å². The van der Waals surface area contributed by atoms with Gasteiger partial charge in [0, 0.05) is 0 Å². The fourth-order valence-corrected chi connectivity index (χ4v) is 9.01. The van der Waals surface area contributed by atoms with Crippen LogP contribution in [0.4, 0.5) is 4.39 Å². The van der Waals surface area contributed by atoms with Gasteiger partial charge >= 0.3 is 0 Å². The normalized spacial score (nSPS) is 13.0. The zero-order valence-corrected chi connectivity index (χ0v) is 16.7. The lowest BCUT2D eigenvalue weighted by Gasteiger charge is -2.16. The van der Waals surface area contributed by atoms with E-state index in [0.29, 0.717) is 0 Å². The van der Waals surface area contributed by atoms with Crippen LogP contribution in [0, 0.1) is 5.82 Å². The van der Waals surface area contributed by atoms with Crippen molar-refractivity contribution < 1.29 is 4.39 Å². The summed E-state index contributed by atoms with van der Waals surface area (Å²) in [5.74, 6) is -0.146. The summed E-state index contributed by atoms with van der Waals surface area (Å²) in [6.07, 6.45) is 2.29. The molecule has 0 spiro atoms. The predicted octanol–water partition coefficient (Wildman–Crippen LogP) is 2.49. The van der Waals surface area contributed by atoms with Crippen LogP contribution in [0.25, 0.3) is 0 Å². The second kappa shape index (κ2) is 8.76. The molecule has 3 aromatic rings. The number of hydrogen-bond donors (Lipinski definition) is 0. The third-order valence-electron chi connectivity index (χ3n) is 4.49. The summed E-state index contributed by atoms with van der Waals surface area (Å²) < 4.78 is 13.1. The molecule has 0 saturated carbocycles. The Morgan fingerprint density at radius 1 is 0.667 bits per heavy atom. The van der Waals surface area contributed by atoms with E-state index in [4.69, 9.17) is 0 Å². The molecule has 0 aliphatic rings. The largest absolute Gasteiger partial charge is 0.207 e. The molecule has 0 nitrogen and oxygen atoms in total. The van der Waals surface area contributed by atoms with Crippen molar-refractivity contribution in [1.29, 1.82) is 0 Å². The molecule has 0 aliphatic heterocycles. The van der Waals surface area contributed by atoms with Gasteiger partial charge in [-0.2, -0.15) is 0 Å². The van der Waals surface area contributed by atoms with Gasteiger partial charge < -0.3 is 0 Å². The SMILES string of the molecule is Fc1ccc(CCC([SiH2]c2ccccc2)[SiH2]c2ccccc2)cc1. The average molecular weight is 351 g/mol. The van der Waals surface area contributed by atoms with Crippen molar-refractivity contribution in [2.24, 2.45) is 0 Å². The van der Waals surface area contributed by atoms with Crippen LogP contribution in [-0.4, -0.2) is 19.0 Å². The molecule has 0 fully saturated rings. The predicted molar refractivity (Wildman–Crippen MR) is 108 cm³/mol. The molecule has 24 heavy (non-hydrogen) atoms. The summed E-state index contributed by atoms with van der Waals surface area (Å²) in [5, 5.41) is 3.98. The monoisotopic (exact) mass is 350 g/mol. The van der Waals surface area contributed by atoms with E-state index in [1.165, 1.54) is 12.0 Å². The molecule has 0 radical (unpaired) electrons. The molecule has 3 heteroatoms. The molecule has 0 unspecified atom stereocenters. The van der Waals surface area contributed by atoms with E-state index in [2.05, 4.69) is 60.7 Å². The molecule has 0 heterocycles. The lowest BCUT2D eigenvalue weighted by Crippen LogP contribution is -2.29. The Kier molecular flexibility index (Phi) is 6.16. The van der Waals surface area contributed by atoms with E-state index in [-0.39, 0.29) is 24.9 Å². The Morgan fingerprint density at radius 2 is 1.17 bits per heavy atom. The lowest BCUT2D eigenvalue weighted by molar-refractivity contribution is 0.626. The van der Waals surface area contributed by atoms with Gasteiger partial charge in [0.2, 0.25) is 0 Å². The van der Waals surface area contributed by atoms with E-state index in [0.717, 1.165) is 11.6 Å². The van der Waals surface area contributed by atoms with E-state index in [1.807, 2.05) is 12.1 Å². The highest BCUT2D eigenvalue weighted by atomic mass is 28.3. The number of halogens is 1. The van der Waals surface area contributed by atoms with E-state index >= 15 is 0 Å². The summed E-state index contributed by atoms with van der Waals surface area (Å²) in [6, 6.07) is 29.0. The molecule has 0 amide bonds. The van der Waals surface area contributed by atoms with Crippen molar-refractivity contribution in [3.8, 4) is 0 Å². The van der Waals surface area contributed by atoms with Crippen LogP contribution in [0.1, 0.15) is 12.0 Å². The molecule has 3 rings (SSSR count). The van der Waals surface area contributed by atoms with Crippen molar-refractivity contribution in [1.82, 2.24) is 0 Å². The Hall–Kier alpha value is -1.98. The van der Waals surface area contributed by atoms with Gasteiger partial charge in [-0.25, -0.2) is 4.39 Å². The molecule has 0 aromatic heterocycles. The van der Waals surface area contributed by atoms with Gasteiger partial charge in [0.25, 0.3) is 0 Å². The fourth-order valence-electron chi connectivity index (χ4n) is 3.19. The standard InChI is InChI=1S/C21H23FSi2/c22-18-14-11-17(12-15-18)13-16-21(23-19-7-3-1-4-8-19)24-20-9-5-2-6-10-20/h1-12,14-15,21H,13,16,23-24H2. The maximum absolute atomic E-state index is 13.1. The molecule has 0 saturated heterocycles. The van der Waals surface area contributed by atoms with Gasteiger partial charge in [-0.1, -0.05) is 94.8 Å². The van der Waals surface area contributed by atoms with Crippen molar-refractivity contribution in [2.75, 3.05) is 0 Å². The highest BCUT2D eigenvalue weighted by Gasteiger charge is 2.13. The molecular formula is C21H23FSi2. The molecule has 0 N–H and O–H groups in total. The van der Waals surface area contributed by atoms with Crippen molar-refractivity contribution in [2.45, 2.75) is 18.0 Å². The Balaban J connectivity index is 1.67. The Morgan fingerprint density at radius 3 is 1.67 bits per heavy atom. The third-order valence-corrected chi connectivity index (χ3v) is 10.1. The van der Waals surface area contributed by atoms with Gasteiger partial charge in [0.15, 0.2) is 0 Å². The molecule has 122 valence electrons. The van der Waals surface area contributed by atoms with Crippen molar-refractivity contribution in [3.05, 3.63) is 96.3 Å². The lowest BCUT2D eigenvalue weighted by atomic mass is 10.1. The first-order chi connectivity index (χ1) is 11.8. The fraction of sp³-hybridized carbons (Fsp3) is 0.143. The molecule has 3 aromatic carbocycles. The summed E-state index contributed by atoms with van der Waals surface area (Å²) >= 11 is 0. The second-order valence-electron chi connectivity index (χ2n) is 6.41. The molecule has 0 atom stereocenters. The van der Waals surface area contributed by atoms with Gasteiger partial charge in [-0.05, 0) is 24.1 Å². The van der Waals surface area contributed by atoms with Gasteiger partial charge in [0.1, 0.15) is 5.82 Å². The second-order valence-corrected chi connectivity index (χ2v) is 12.3. The van der Waals surface area contributed by atoms with Gasteiger partial charge in [0.05, 0.1) is 19.0 Å². The van der Waals surface area contributed by atoms with Crippen molar-refractivity contribution >= 4 is 29.4 Å². The maximum atomic E-state index is 13.1. The number of benzene rings is 3. The topological polar surface area (TPSA) is 0 Å².